The Bertz CT molecular complexity index is 2820. The maximum absolute atomic E-state index is 15.4. The van der Waals surface area contributed by atoms with Crippen LogP contribution in [0.4, 0.5) is 8.78 Å². The molecule has 38 atom stereocenters. The Balaban J connectivity index is 0.000000279. The van der Waals surface area contributed by atoms with Crippen LogP contribution in [0.2, 0.25) is 0 Å². The molecule has 96 heavy (non-hydrogen) atoms. The molecular formula is C46H78F2N24O24. The summed E-state index contributed by atoms with van der Waals surface area (Å²) in [4.78, 5) is 15.6. The van der Waals surface area contributed by atoms with Gasteiger partial charge in [0.2, 0.25) is 0 Å². The summed E-state index contributed by atoms with van der Waals surface area (Å²) in [6.07, 6.45) is -48.5. The van der Waals surface area contributed by atoms with Crippen molar-refractivity contribution in [3.63, 3.8) is 0 Å². The summed E-state index contributed by atoms with van der Waals surface area (Å²) in [5, 5.41) is 147. The highest BCUT2D eigenvalue weighted by molar-refractivity contribution is 5.07. The van der Waals surface area contributed by atoms with Gasteiger partial charge in [-0.05, 0) is 46.0 Å². The van der Waals surface area contributed by atoms with Crippen molar-refractivity contribution in [3.05, 3.63) is 62.7 Å². The molecule has 0 amide bonds. The molecule has 8 fully saturated rings. The Morgan fingerprint density at radius 2 is 0.771 bits per heavy atom. The molecule has 8 aliphatic rings. The Morgan fingerprint density at radius 1 is 0.365 bits per heavy atom. The van der Waals surface area contributed by atoms with E-state index in [4.69, 9.17) is 119 Å². The average molecular weight is 1390 g/mol. The quantitative estimate of drug-likeness (QED) is 0.0242. The highest BCUT2D eigenvalue weighted by atomic mass is 19.1. The zero-order valence-electron chi connectivity index (χ0n) is 50.1. The number of ether oxygens (including phenoxy) is 12. The van der Waals surface area contributed by atoms with Crippen molar-refractivity contribution in [2.24, 2.45) is 65.1 Å². The molecule has 50 heteroatoms. The normalized spacial score (nSPS) is 47.8. The van der Waals surface area contributed by atoms with E-state index >= 15 is 4.39 Å². The molecule has 24 N–H and O–H groups in total. The number of alkyl halides is 2. The third-order valence-electron chi connectivity index (χ3n) is 17.3. The average Bonchev–Trinajstić information content (AvgIpc) is 1.48. The summed E-state index contributed by atoms with van der Waals surface area (Å²) in [6.45, 7) is -3.09. The van der Waals surface area contributed by atoms with Crippen LogP contribution in [0.3, 0.4) is 0 Å². The molecule has 2 aliphatic carbocycles. The van der Waals surface area contributed by atoms with Crippen molar-refractivity contribution >= 4 is 0 Å². The molecule has 6 aliphatic heterocycles. The van der Waals surface area contributed by atoms with Crippen molar-refractivity contribution in [2.45, 2.75) is 246 Å². The van der Waals surface area contributed by atoms with Crippen LogP contribution in [0.1, 0.15) is 12.8 Å². The van der Waals surface area contributed by atoms with Gasteiger partial charge in [-0.1, -0.05) is 30.7 Å². The van der Waals surface area contributed by atoms with Crippen molar-refractivity contribution in [1.82, 2.24) is 0 Å². The molecule has 0 spiro atoms. The van der Waals surface area contributed by atoms with Gasteiger partial charge in [0.1, 0.15) is 122 Å². The van der Waals surface area contributed by atoms with Gasteiger partial charge in [-0.2, -0.15) is 0 Å². The highest BCUT2D eigenvalue weighted by Crippen LogP contribution is 2.40. The van der Waals surface area contributed by atoms with Crippen LogP contribution in [0.25, 0.3) is 62.7 Å². The van der Waals surface area contributed by atoms with Crippen LogP contribution < -0.4 is 34.4 Å². The molecule has 8 rings (SSSR count). The number of aliphatic hydroxyl groups is 12. The fourth-order valence-electron chi connectivity index (χ4n) is 12.1. The van der Waals surface area contributed by atoms with Gasteiger partial charge in [0.05, 0.1) is 87.1 Å². The van der Waals surface area contributed by atoms with E-state index < -0.39 is 265 Å². The molecule has 0 aromatic heterocycles. The van der Waals surface area contributed by atoms with Crippen LogP contribution in [-0.4, -0.2) is 333 Å². The van der Waals surface area contributed by atoms with Crippen LogP contribution in [0.15, 0.2) is 30.7 Å². The lowest BCUT2D eigenvalue weighted by molar-refractivity contribution is -0.302. The lowest BCUT2D eigenvalue weighted by Gasteiger charge is -2.47. The Morgan fingerprint density at radius 3 is 1.29 bits per heavy atom. The fourth-order valence-corrected chi connectivity index (χ4v) is 12.1. The van der Waals surface area contributed by atoms with Crippen LogP contribution in [0.5, 0.6) is 0 Å². The molecule has 2 saturated carbocycles. The Labute approximate surface area is 538 Å². The lowest BCUT2D eigenvalue weighted by Crippen LogP contribution is -2.67. The number of rotatable bonds is 24. The van der Waals surface area contributed by atoms with E-state index in [-0.39, 0.29) is 19.5 Å². The highest BCUT2D eigenvalue weighted by Gasteiger charge is 2.58. The molecule has 48 nitrogen and oxygen atoms in total. The van der Waals surface area contributed by atoms with Gasteiger partial charge in [-0.15, -0.1) is 0 Å². The zero-order chi connectivity index (χ0) is 70.6. The monoisotopic (exact) mass is 1390 g/mol. The second-order valence-corrected chi connectivity index (χ2v) is 23.2. The molecule has 0 aromatic rings. The standard InChI is InChI=1S/C23H33FN18O12.C23H45FN6O12/c24-10-11(35-41-29)21(49-7(14(10)45)2-31-37-25)52-18-6(34-40-28)1-5(33-39-27)13(44)20(18)54-23-17(48)19(9(4-43)51-23)53-22-12(36-42-30)16(47)15(46)8(50-22)3-32-38-26;24-10-11(29)21(37-7(2-25)14(10)33)40-18-6(28)1-5(27)13(32)20(18)42-23-17(36)19(9(4-31)39-23)41-22-12(30)16(35)15(34)8(3-26)38-22/h5-23,43-48H,1-4H2;5-23,31-36H,1-4,25-30H2/t2*5-,6+,7-,8+,9-,10+,11-,12-,13+,14-,15-,16-,17-,18-,19-,20-,21-,22-,23+/m11/s1. The third-order valence-corrected chi connectivity index (χ3v) is 17.3. The van der Waals surface area contributed by atoms with Crippen LogP contribution >= 0.6 is 0 Å². The smallest absolute Gasteiger partial charge is 0.187 e. The number of nitrogens with two attached hydrogens (primary N) is 6. The molecule has 540 valence electrons. The van der Waals surface area contributed by atoms with Gasteiger partial charge in [0.15, 0.2) is 37.7 Å². The number of hydrogen-bond acceptors (Lipinski definition) is 36. The van der Waals surface area contributed by atoms with E-state index in [9.17, 15) is 71.2 Å². The molecule has 0 unspecified atom stereocenters. The predicted molar refractivity (Wildman–Crippen MR) is 304 cm³/mol. The molecule has 0 bridgehead atoms. The Kier molecular flexibility index (Phi) is 28.8. The maximum Gasteiger partial charge on any atom is 0.187 e. The summed E-state index contributed by atoms with van der Waals surface area (Å²) in [6, 6.07) is -10.9. The van der Waals surface area contributed by atoms with Crippen molar-refractivity contribution < 1.29 is 127 Å². The largest absolute Gasteiger partial charge is 0.394 e. The molecular weight excluding hydrogens is 1310 g/mol. The van der Waals surface area contributed by atoms with Crippen molar-refractivity contribution in [2.75, 3.05) is 39.4 Å². The van der Waals surface area contributed by atoms with E-state index in [2.05, 4.69) is 60.2 Å². The molecule has 0 radical (unpaired) electrons. The summed E-state index contributed by atoms with van der Waals surface area (Å²) < 4.78 is 98.9. The van der Waals surface area contributed by atoms with Gasteiger partial charge < -0.3 is 153 Å². The van der Waals surface area contributed by atoms with Crippen LogP contribution in [-0.2, 0) is 56.8 Å². The summed E-state index contributed by atoms with van der Waals surface area (Å²) >= 11 is 0. The van der Waals surface area contributed by atoms with E-state index in [1.165, 1.54) is 0 Å². The Hall–Kier alpha value is -5.48. The van der Waals surface area contributed by atoms with Crippen LogP contribution in [0, 0.1) is 0 Å². The maximum atomic E-state index is 15.4. The van der Waals surface area contributed by atoms with E-state index in [1.807, 2.05) is 0 Å². The minimum atomic E-state index is -2.37. The van der Waals surface area contributed by atoms with Crippen molar-refractivity contribution in [3.8, 4) is 0 Å². The van der Waals surface area contributed by atoms with Gasteiger partial charge in [-0.25, -0.2) is 8.78 Å². The molecule has 6 saturated heterocycles. The first-order chi connectivity index (χ1) is 45.8. The van der Waals surface area contributed by atoms with E-state index in [1.54, 1.807) is 0 Å². The molecule has 6 heterocycles. The van der Waals surface area contributed by atoms with Gasteiger partial charge in [0, 0.05) is 54.6 Å². The van der Waals surface area contributed by atoms with Gasteiger partial charge >= 0.3 is 0 Å². The fraction of sp³-hybridized carbons (Fsp3) is 1.00. The first-order valence-electron chi connectivity index (χ1n) is 29.6. The summed E-state index contributed by atoms with van der Waals surface area (Å²) in [5.74, 6) is 0. The summed E-state index contributed by atoms with van der Waals surface area (Å²) in [5.41, 5.74) is 89.5. The number of azide groups is 6. The first kappa shape index (κ1) is 77.9. The number of hydrogen-bond donors (Lipinski definition) is 18. The first-order valence-corrected chi connectivity index (χ1v) is 29.6. The molecule has 0 aromatic carbocycles. The number of halogens is 2. The van der Waals surface area contributed by atoms with Gasteiger partial charge in [-0.3, -0.25) is 0 Å². The lowest BCUT2D eigenvalue weighted by atomic mass is 9.84. The minimum Gasteiger partial charge on any atom is -0.394 e. The number of nitrogens with zero attached hydrogens (tertiary/aromatic N) is 18. The number of aliphatic hydroxyl groups excluding tert-OH is 12. The second kappa shape index (κ2) is 35.5. The summed E-state index contributed by atoms with van der Waals surface area (Å²) in [7, 11) is 0. The topological polar surface area (TPSA) is 802 Å². The van der Waals surface area contributed by atoms with Gasteiger partial charge in [0.25, 0.3) is 0 Å². The second-order valence-electron chi connectivity index (χ2n) is 23.2. The SMILES string of the molecule is NC[C@@H]1O[C@H](O[C@H]2[C@@H](O)[C@H](O[C@@H]3[C@@H](O)[C@H](N)C[C@H](N)[C@H]3O[C@H]3O[C@H](CN)[C@@H](O)[C@@H](F)[C@H]3N)O[C@@H]2CO)[C@H](N)[C@@H](O)[C@@H]1O.[N-]=[N+]=NC[C@@H]1O[C@H](O[C@H]2[C@@H](O)[C@H](O[C@@H]3[C@@H](O)[C@H](N=[N+]=[N-])C[C@H](N=[N+]=[N-])[C@H]3O[C@H]3O[C@H](CN=[N+]=[N-])[C@@H](O)[C@@H](F)[C@H]3N=[N+]=[N-])O[C@@H]2CO)[C@H](N=[N+]=[N-])[C@@H](O)[C@@H]1O. The van der Waals surface area contributed by atoms with E-state index in [0.29, 0.717) is 0 Å². The third kappa shape index (κ3) is 17.2. The zero-order valence-corrected chi connectivity index (χ0v) is 50.1. The van der Waals surface area contributed by atoms with Crippen molar-refractivity contribution in [1.29, 1.82) is 0 Å². The van der Waals surface area contributed by atoms with E-state index in [0.717, 1.165) is 0 Å². The predicted octanol–water partition coefficient (Wildman–Crippen LogP) is -7.73. The minimum absolute atomic E-state index is 0.0577.